The van der Waals surface area contributed by atoms with Gasteiger partial charge < -0.3 is 15.6 Å². The summed E-state index contributed by atoms with van der Waals surface area (Å²) in [7, 11) is 1.53. The van der Waals surface area contributed by atoms with E-state index in [1.165, 1.54) is 13.2 Å². The number of hydrogen-bond donors (Lipinski definition) is 3. The third kappa shape index (κ3) is 3.85. The van der Waals surface area contributed by atoms with E-state index in [2.05, 4.69) is 30.6 Å². The Morgan fingerprint density at radius 2 is 2.04 bits per heavy atom. The normalized spacial score (nSPS) is 12.8. The third-order valence-corrected chi connectivity index (χ3v) is 4.35. The van der Waals surface area contributed by atoms with Crippen molar-refractivity contribution in [1.29, 1.82) is 0 Å². The molecule has 0 radical (unpaired) electrons. The monoisotopic (exact) mass is 390 g/mol. The van der Waals surface area contributed by atoms with Gasteiger partial charge in [-0.3, -0.25) is 4.79 Å². The van der Waals surface area contributed by atoms with Gasteiger partial charge in [0.15, 0.2) is 17.5 Å². The van der Waals surface area contributed by atoms with Crippen molar-refractivity contribution >= 4 is 34.4 Å². The molecule has 0 aliphatic carbocycles. The zero-order chi connectivity index (χ0) is 19.8. The number of anilines is 1. The number of pyridine rings is 1. The lowest BCUT2D eigenvalue weighted by Crippen LogP contribution is -2.46. The maximum atomic E-state index is 14.3. The lowest BCUT2D eigenvalue weighted by atomic mass is 9.86. The zero-order valence-electron chi connectivity index (χ0n) is 15.4. The van der Waals surface area contributed by atoms with Crippen molar-refractivity contribution in [2.24, 2.45) is 5.41 Å². The fourth-order valence-corrected chi connectivity index (χ4v) is 2.88. The standard InChI is InChI=1S/C18H20ClFN6O/c1-18(2,3)13(17(27)21-4)25-16-12(20)8-24-15(26-16)11-7-23-14-10(11)5-9(19)6-22-14/h5-8,13H,1-4H3,(H,21,27)(H,22,23)(H,24,25,26)/t13-/m1/s1. The van der Waals surface area contributed by atoms with Gasteiger partial charge in [-0.05, 0) is 11.5 Å². The molecule has 9 heteroatoms. The van der Waals surface area contributed by atoms with Crippen LogP contribution in [0.25, 0.3) is 22.4 Å². The van der Waals surface area contributed by atoms with Crippen molar-refractivity contribution in [2.45, 2.75) is 26.8 Å². The Labute approximate surface area is 160 Å². The Balaban J connectivity index is 2.03. The average molecular weight is 391 g/mol. The first-order valence-corrected chi connectivity index (χ1v) is 8.72. The van der Waals surface area contributed by atoms with Gasteiger partial charge in [0.1, 0.15) is 11.7 Å². The van der Waals surface area contributed by atoms with Crippen LogP contribution in [0.4, 0.5) is 10.2 Å². The number of amides is 1. The van der Waals surface area contributed by atoms with Crippen molar-refractivity contribution in [3.05, 3.63) is 35.5 Å². The van der Waals surface area contributed by atoms with Gasteiger partial charge in [0, 0.05) is 30.4 Å². The summed E-state index contributed by atoms with van der Waals surface area (Å²) >= 11 is 6.03. The van der Waals surface area contributed by atoms with Crippen molar-refractivity contribution in [2.75, 3.05) is 12.4 Å². The molecule has 0 aliphatic rings. The first-order valence-electron chi connectivity index (χ1n) is 8.34. The predicted molar refractivity (Wildman–Crippen MR) is 103 cm³/mol. The van der Waals surface area contributed by atoms with Crippen molar-refractivity contribution in [3.8, 4) is 11.4 Å². The molecule has 0 fully saturated rings. The van der Waals surface area contributed by atoms with Crippen LogP contribution in [0.3, 0.4) is 0 Å². The summed E-state index contributed by atoms with van der Waals surface area (Å²) < 4.78 is 14.3. The first kappa shape index (κ1) is 19.0. The van der Waals surface area contributed by atoms with Crippen LogP contribution >= 0.6 is 11.6 Å². The number of fused-ring (bicyclic) bond motifs is 1. The highest BCUT2D eigenvalue weighted by atomic mass is 35.5. The van der Waals surface area contributed by atoms with E-state index >= 15 is 0 Å². The SMILES string of the molecule is CNC(=O)[C@@H](Nc1nc(-c2c[nH]c3ncc(Cl)cc23)ncc1F)C(C)(C)C. The lowest BCUT2D eigenvalue weighted by molar-refractivity contribution is -0.123. The van der Waals surface area contributed by atoms with Gasteiger partial charge >= 0.3 is 0 Å². The summed E-state index contributed by atoms with van der Waals surface area (Å²) in [4.78, 5) is 27.8. The highest BCUT2D eigenvalue weighted by Gasteiger charge is 2.32. The summed E-state index contributed by atoms with van der Waals surface area (Å²) in [6.07, 6.45) is 4.29. The summed E-state index contributed by atoms with van der Waals surface area (Å²) in [6, 6.07) is 1.05. The second-order valence-electron chi connectivity index (χ2n) is 7.20. The van der Waals surface area contributed by atoms with Crippen LogP contribution in [-0.2, 0) is 4.79 Å². The number of nitrogens with zero attached hydrogens (tertiary/aromatic N) is 3. The molecule has 0 saturated heterocycles. The van der Waals surface area contributed by atoms with Crippen LogP contribution in [0, 0.1) is 11.2 Å². The highest BCUT2D eigenvalue weighted by molar-refractivity contribution is 6.31. The second kappa shape index (κ2) is 7.11. The fourth-order valence-electron chi connectivity index (χ4n) is 2.72. The molecule has 0 aromatic carbocycles. The molecule has 3 aromatic rings. The van der Waals surface area contributed by atoms with Gasteiger partial charge in [0.2, 0.25) is 5.91 Å². The minimum Gasteiger partial charge on any atom is -0.357 e. The number of nitrogens with one attached hydrogen (secondary N) is 3. The van der Waals surface area contributed by atoms with Crippen molar-refractivity contribution in [1.82, 2.24) is 25.3 Å². The Bertz CT molecular complexity index is 997. The van der Waals surface area contributed by atoms with Gasteiger partial charge in [-0.25, -0.2) is 19.3 Å². The van der Waals surface area contributed by atoms with E-state index in [-0.39, 0.29) is 11.7 Å². The summed E-state index contributed by atoms with van der Waals surface area (Å²) in [6.45, 7) is 5.65. The van der Waals surface area contributed by atoms with E-state index in [1.54, 1.807) is 12.3 Å². The van der Waals surface area contributed by atoms with Crippen LogP contribution in [0.5, 0.6) is 0 Å². The molecule has 0 unspecified atom stereocenters. The number of likely N-dealkylation sites (N-methyl/N-ethyl adjacent to an activating group) is 1. The molecule has 3 N–H and O–H groups in total. The molecule has 0 saturated carbocycles. The molecular formula is C18H20ClFN6O. The van der Waals surface area contributed by atoms with Crippen LogP contribution < -0.4 is 10.6 Å². The number of rotatable bonds is 4. The fraction of sp³-hybridized carbons (Fsp3) is 0.333. The van der Waals surface area contributed by atoms with Crippen molar-refractivity contribution in [3.63, 3.8) is 0 Å². The Morgan fingerprint density at radius 1 is 1.30 bits per heavy atom. The number of carbonyl (C=O) groups excluding carboxylic acids is 1. The number of aromatic nitrogens is 4. The maximum absolute atomic E-state index is 14.3. The minimum atomic E-state index is -0.682. The van der Waals surface area contributed by atoms with E-state index in [0.717, 1.165) is 11.6 Å². The molecule has 0 aliphatic heterocycles. The predicted octanol–water partition coefficient (Wildman–Crippen LogP) is 3.39. The molecule has 142 valence electrons. The Kier molecular flexibility index (Phi) is 5.01. The highest BCUT2D eigenvalue weighted by Crippen LogP contribution is 2.29. The van der Waals surface area contributed by atoms with Gasteiger partial charge in [-0.2, -0.15) is 0 Å². The van der Waals surface area contributed by atoms with E-state index in [1.807, 2.05) is 20.8 Å². The van der Waals surface area contributed by atoms with Gasteiger partial charge in [-0.1, -0.05) is 32.4 Å². The molecule has 0 spiro atoms. The van der Waals surface area contributed by atoms with E-state index in [0.29, 0.717) is 22.1 Å². The largest absolute Gasteiger partial charge is 0.357 e. The molecule has 1 amide bonds. The maximum Gasteiger partial charge on any atom is 0.242 e. The minimum absolute atomic E-state index is 0.0483. The smallest absolute Gasteiger partial charge is 0.242 e. The van der Waals surface area contributed by atoms with Gasteiger partial charge in [-0.15, -0.1) is 0 Å². The molecular weight excluding hydrogens is 371 g/mol. The zero-order valence-corrected chi connectivity index (χ0v) is 16.1. The van der Waals surface area contributed by atoms with Gasteiger partial charge in [0.05, 0.1) is 11.2 Å². The molecule has 3 aromatic heterocycles. The first-order chi connectivity index (χ1) is 12.7. The summed E-state index contributed by atoms with van der Waals surface area (Å²) in [5, 5.41) is 6.69. The molecule has 0 bridgehead atoms. The molecule has 1 atom stereocenters. The molecule has 27 heavy (non-hydrogen) atoms. The molecule has 3 rings (SSSR count). The Hall–Kier alpha value is -2.74. The van der Waals surface area contributed by atoms with E-state index in [9.17, 15) is 9.18 Å². The quantitative estimate of drug-likeness (QED) is 0.634. The second-order valence-corrected chi connectivity index (χ2v) is 7.64. The van der Waals surface area contributed by atoms with E-state index < -0.39 is 17.3 Å². The summed E-state index contributed by atoms with van der Waals surface area (Å²) in [5.74, 6) is -0.662. The number of aromatic amines is 1. The number of halogens is 2. The third-order valence-electron chi connectivity index (χ3n) is 4.14. The van der Waals surface area contributed by atoms with E-state index in [4.69, 9.17) is 11.6 Å². The van der Waals surface area contributed by atoms with Crippen molar-refractivity contribution < 1.29 is 9.18 Å². The van der Waals surface area contributed by atoms with Crippen LogP contribution in [0.15, 0.2) is 24.7 Å². The van der Waals surface area contributed by atoms with Gasteiger partial charge in [0.25, 0.3) is 0 Å². The van der Waals surface area contributed by atoms with Crippen LogP contribution in [0.2, 0.25) is 5.02 Å². The number of H-pyrrole nitrogens is 1. The Morgan fingerprint density at radius 3 is 2.70 bits per heavy atom. The molecule has 3 heterocycles. The average Bonchev–Trinajstić information content (AvgIpc) is 3.02. The lowest BCUT2D eigenvalue weighted by Gasteiger charge is -2.30. The number of carbonyl (C=O) groups is 1. The molecule has 7 nitrogen and oxygen atoms in total. The van der Waals surface area contributed by atoms with Crippen LogP contribution in [0.1, 0.15) is 20.8 Å². The van der Waals surface area contributed by atoms with Crippen LogP contribution in [-0.4, -0.2) is 38.9 Å². The number of hydrogen-bond acceptors (Lipinski definition) is 5. The summed E-state index contributed by atoms with van der Waals surface area (Å²) in [5.41, 5.74) is 0.792. The topological polar surface area (TPSA) is 95.6 Å².